The van der Waals surface area contributed by atoms with Crippen molar-refractivity contribution in [2.45, 2.75) is 44.7 Å². The number of carboxylic acids is 1. The van der Waals surface area contributed by atoms with E-state index < -0.39 is 11.9 Å². The molecule has 2 bridgehead atoms. The number of nitrogens with zero attached hydrogens (tertiary/aromatic N) is 2. The Morgan fingerprint density at radius 2 is 2.00 bits per heavy atom. The quantitative estimate of drug-likeness (QED) is 0.806. The number of aliphatic carboxylic acids is 1. The molecular formula is C14H25N3O3. The van der Waals surface area contributed by atoms with E-state index in [1.54, 1.807) is 0 Å². The van der Waals surface area contributed by atoms with Gasteiger partial charge in [0, 0.05) is 31.7 Å². The zero-order valence-corrected chi connectivity index (χ0v) is 12.3. The number of hydrogen-bond donors (Lipinski definition) is 2. The van der Waals surface area contributed by atoms with Crippen LogP contribution in [-0.4, -0.2) is 65.7 Å². The van der Waals surface area contributed by atoms with Gasteiger partial charge >= 0.3 is 12.0 Å². The van der Waals surface area contributed by atoms with Gasteiger partial charge in [0.25, 0.3) is 0 Å². The molecule has 0 saturated carbocycles. The normalized spacial score (nSPS) is 28.0. The van der Waals surface area contributed by atoms with Crippen molar-refractivity contribution in [2.24, 2.45) is 5.92 Å². The van der Waals surface area contributed by atoms with E-state index in [4.69, 9.17) is 5.11 Å². The number of likely N-dealkylation sites (N-methyl/N-ethyl adjacent to an activating group) is 1. The lowest BCUT2D eigenvalue weighted by molar-refractivity contribution is -0.141. The van der Waals surface area contributed by atoms with Crippen LogP contribution in [0.1, 0.15) is 32.6 Å². The molecule has 2 fully saturated rings. The molecule has 0 aromatic carbocycles. The molecule has 114 valence electrons. The van der Waals surface area contributed by atoms with Crippen molar-refractivity contribution in [3.63, 3.8) is 0 Å². The highest BCUT2D eigenvalue weighted by molar-refractivity contribution is 5.76. The minimum absolute atomic E-state index is 0.120. The second-order valence-electron chi connectivity index (χ2n) is 5.91. The molecule has 2 amide bonds. The first kappa shape index (κ1) is 15.1. The van der Waals surface area contributed by atoms with E-state index in [0.717, 1.165) is 25.9 Å². The number of rotatable bonds is 4. The molecule has 2 aliphatic rings. The van der Waals surface area contributed by atoms with E-state index in [9.17, 15) is 9.59 Å². The number of nitrogens with one attached hydrogen (secondary N) is 1. The summed E-state index contributed by atoms with van der Waals surface area (Å²) in [5, 5.41) is 11.8. The average Bonchev–Trinajstić information content (AvgIpc) is 2.63. The minimum atomic E-state index is -0.845. The van der Waals surface area contributed by atoms with Crippen molar-refractivity contribution in [1.82, 2.24) is 15.1 Å². The van der Waals surface area contributed by atoms with Crippen LogP contribution in [0.3, 0.4) is 0 Å². The molecular weight excluding hydrogens is 258 g/mol. The van der Waals surface area contributed by atoms with Gasteiger partial charge in [0.2, 0.25) is 0 Å². The molecule has 2 saturated heterocycles. The second kappa shape index (κ2) is 6.43. The molecule has 3 atom stereocenters. The van der Waals surface area contributed by atoms with Crippen LogP contribution < -0.4 is 5.32 Å². The van der Waals surface area contributed by atoms with Gasteiger partial charge in [0.05, 0.1) is 5.92 Å². The summed E-state index contributed by atoms with van der Waals surface area (Å²) in [5.74, 6) is -1.34. The maximum absolute atomic E-state index is 12.2. The van der Waals surface area contributed by atoms with E-state index in [0.29, 0.717) is 18.5 Å². The molecule has 0 aromatic heterocycles. The highest BCUT2D eigenvalue weighted by atomic mass is 16.4. The van der Waals surface area contributed by atoms with E-state index in [1.807, 2.05) is 11.8 Å². The lowest BCUT2D eigenvalue weighted by Gasteiger charge is -2.26. The lowest BCUT2D eigenvalue weighted by Crippen LogP contribution is -2.46. The van der Waals surface area contributed by atoms with Gasteiger partial charge in [-0.25, -0.2) is 4.79 Å². The van der Waals surface area contributed by atoms with E-state index in [-0.39, 0.29) is 12.6 Å². The van der Waals surface area contributed by atoms with Crippen molar-refractivity contribution >= 4 is 12.0 Å². The summed E-state index contributed by atoms with van der Waals surface area (Å²) in [6.45, 7) is 3.56. The third-order valence-corrected chi connectivity index (χ3v) is 4.78. The number of urea groups is 1. The van der Waals surface area contributed by atoms with Gasteiger partial charge < -0.3 is 15.3 Å². The second-order valence-corrected chi connectivity index (χ2v) is 5.91. The lowest BCUT2D eigenvalue weighted by atomic mass is 10.1. The Balaban J connectivity index is 1.85. The molecule has 6 heteroatoms. The van der Waals surface area contributed by atoms with Crippen LogP contribution >= 0.6 is 0 Å². The Morgan fingerprint density at radius 1 is 1.30 bits per heavy atom. The van der Waals surface area contributed by atoms with Gasteiger partial charge in [0.1, 0.15) is 0 Å². The van der Waals surface area contributed by atoms with E-state index in [2.05, 4.69) is 17.3 Å². The van der Waals surface area contributed by atoms with Crippen LogP contribution in [0.15, 0.2) is 0 Å². The summed E-state index contributed by atoms with van der Waals surface area (Å²) in [5.41, 5.74) is 0. The molecule has 0 radical (unpaired) electrons. The molecule has 2 rings (SSSR count). The summed E-state index contributed by atoms with van der Waals surface area (Å²) in [7, 11) is 2.14. The fraction of sp³-hybridized carbons (Fsp3) is 0.857. The summed E-state index contributed by atoms with van der Waals surface area (Å²) >= 11 is 0. The zero-order chi connectivity index (χ0) is 14.7. The fourth-order valence-corrected chi connectivity index (χ4v) is 3.22. The molecule has 0 aliphatic carbocycles. The number of carbonyl (C=O) groups is 2. The van der Waals surface area contributed by atoms with Crippen molar-refractivity contribution < 1.29 is 14.7 Å². The summed E-state index contributed by atoms with van der Waals surface area (Å²) in [6.07, 6.45) is 3.92. The van der Waals surface area contributed by atoms with Gasteiger partial charge in [-0.2, -0.15) is 0 Å². The maximum atomic E-state index is 12.2. The third kappa shape index (κ3) is 3.23. The molecule has 0 spiro atoms. The van der Waals surface area contributed by atoms with Crippen molar-refractivity contribution in [3.8, 4) is 0 Å². The highest BCUT2D eigenvalue weighted by Gasteiger charge is 2.36. The Bertz CT molecular complexity index is 375. The molecule has 2 aliphatic heterocycles. The Kier molecular flexibility index (Phi) is 4.86. The first-order chi connectivity index (χ1) is 9.52. The van der Waals surface area contributed by atoms with Crippen LogP contribution in [0.5, 0.6) is 0 Å². The molecule has 2 N–H and O–H groups in total. The SMILES string of the molecule is CCC(CNC(=O)N1CCC2CCC(C1)N2C)C(=O)O. The first-order valence-corrected chi connectivity index (χ1v) is 7.50. The number of hydrogen-bond acceptors (Lipinski definition) is 3. The van der Waals surface area contributed by atoms with Crippen molar-refractivity contribution in [1.29, 1.82) is 0 Å². The molecule has 0 aromatic rings. The Morgan fingerprint density at radius 3 is 2.65 bits per heavy atom. The highest BCUT2D eigenvalue weighted by Crippen LogP contribution is 2.28. The van der Waals surface area contributed by atoms with Crippen LogP contribution in [0.2, 0.25) is 0 Å². The zero-order valence-electron chi connectivity index (χ0n) is 12.3. The number of amides is 2. The summed E-state index contributed by atoms with van der Waals surface area (Å²) in [6, 6.07) is 0.931. The van der Waals surface area contributed by atoms with Crippen LogP contribution in [0.25, 0.3) is 0 Å². The van der Waals surface area contributed by atoms with Gasteiger partial charge in [-0.3, -0.25) is 9.69 Å². The molecule has 2 heterocycles. The van der Waals surface area contributed by atoms with E-state index in [1.165, 1.54) is 6.42 Å². The van der Waals surface area contributed by atoms with Gasteiger partial charge in [-0.1, -0.05) is 6.92 Å². The smallest absolute Gasteiger partial charge is 0.317 e. The fourth-order valence-electron chi connectivity index (χ4n) is 3.22. The predicted molar refractivity (Wildman–Crippen MR) is 75.6 cm³/mol. The number of fused-ring (bicyclic) bond motifs is 2. The Labute approximate surface area is 120 Å². The third-order valence-electron chi connectivity index (χ3n) is 4.78. The first-order valence-electron chi connectivity index (χ1n) is 7.50. The monoisotopic (exact) mass is 283 g/mol. The predicted octanol–water partition coefficient (Wildman–Crippen LogP) is 0.975. The number of carboxylic acid groups (broad SMARTS) is 1. The topological polar surface area (TPSA) is 72.9 Å². The molecule has 6 nitrogen and oxygen atoms in total. The minimum Gasteiger partial charge on any atom is -0.481 e. The van der Waals surface area contributed by atoms with Crippen molar-refractivity contribution in [3.05, 3.63) is 0 Å². The standard InChI is InChI=1S/C14H25N3O3/c1-3-10(13(18)19)8-15-14(20)17-7-6-11-4-5-12(9-17)16(11)2/h10-12H,3-9H2,1-2H3,(H,15,20)(H,18,19). The largest absolute Gasteiger partial charge is 0.481 e. The Hall–Kier alpha value is -1.30. The van der Waals surface area contributed by atoms with Crippen LogP contribution in [0.4, 0.5) is 4.79 Å². The molecule has 20 heavy (non-hydrogen) atoms. The number of carbonyl (C=O) groups excluding carboxylic acids is 1. The summed E-state index contributed by atoms with van der Waals surface area (Å²) < 4.78 is 0. The van der Waals surface area contributed by atoms with Gasteiger partial charge in [-0.15, -0.1) is 0 Å². The van der Waals surface area contributed by atoms with E-state index >= 15 is 0 Å². The van der Waals surface area contributed by atoms with Gasteiger partial charge in [0.15, 0.2) is 0 Å². The maximum Gasteiger partial charge on any atom is 0.317 e. The van der Waals surface area contributed by atoms with Crippen LogP contribution in [-0.2, 0) is 4.79 Å². The summed E-state index contributed by atoms with van der Waals surface area (Å²) in [4.78, 5) is 27.4. The average molecular weight is 283 g/mol. The number of likely N-dealkylation sites (tertiary alicyclic amines) is 1. The van der Waals surface area contributed by atoms with Gasteiger partial charge in [-0.05, 0) is 32.7 Å². The van der Waals surface area contributed by atoms with Crippen molar-refractivity contribution in [2.75, 3.05) is 26.7 Å². The van der Waals surface area contributed by atoms with Crippen LogP contribution in [0, 0.1) is 5.92 Å². The molecule has 3 unspecified atom stereocenters.